The van der Waals surface area contributed by atoms with E-state index in [1.807, 2.05) is 0 Å². The average molecular weight is 501 g/mol. The second-order valence-corrected chi connectivity index (χ2v) is 10.6. The van der Waals surface area contributed by atoms with Gasteiger partial charge in [0.1, 0.15) is 0 Å². The van der Waals surface area contributed by atoms with E-state index in [-0.39, 0.29) is 0 Å². The van der Waals surface area contributed by atoms with Crippen molar-refractivity contribution in [1.29, 1.82) is 0 Å². The Morgan fingerprint density at radius 1 is 0.568 bits per heavy atom. The number of rotatable bonds is 11. The number of hydrogen-bond acceptors (Lipinski definition) is 6. The third kappa shape index (κ3) is 7.71. The number of hydrogen-bond donors (Lipinski definition) is 1. The van der Waals surface area contributed by atoms with Crippen LogP contribution in [0.3, 0.4) is 0 Å². The topological polar surface area (TPSA) is 42.2 Å². The number of nitrogens with zero attached hydrogens (tertiary/aromatic N) is 5. The summed E-state index contributed by atoms with van der Waals surface area (Å²) in [5, 5.41) is 0. The molecule has 0 aromatic heterocycles. The number of nitrogens with two attached hydrogens (primary N) is 1. The van der Waals surface area contributed by atoms with Crippen molar-refractivity contribution in [2.45, 2.75) is 19.3 Å². The van der Waals surface area contributed by atoms with E-state index >= 15 is 0 Å². The first kappa shape index (κ1) is 27.0. The van der Waals surface area contributed by atoms with Crippen molar-refractivity contribution in [3.05, 3.63) is 89.5 Å². The van der Waals surface area contributed by atoms with E-state index in [2.05, 4.69) is 125 Å². The molecule has 1 heterocycles. The summed E-state index contributed by atoms with van der Waals surface area (Å²) in [7, 11) is 8.35. The van der Waals surface area contributed by atoms with Crippen molar-refractivity contribution in [3.8, 4) is 0 Å². The van der Waals surface area contributed by atoms with Gasteiger partial charge in [0.25, 0.3) is 0 Å². The maximum Gasteiger partial charge on any atom is 0.0730 e. The molecule has 4 rings (SSSR count). The third-order valence-corrected chi connectivity index (χ3v) is 7.21. The van der Waals surface area contributed by atoms with Crippen LogP contribution in [0.25, 0.3) is 0 Å². The molecular weight excluding hydrogens is 456 g/mol. The van der Waals surface area contributed by atoms with Gasteiger partial charge in [-0.2, -0.15) is 0 Å². The summed E-state index contributed by atoms with van der Waals surface area (Å²) in [6.07, 6.45) is 3.03. The van der Waals surface area contributed by atoms with Gasteiger partial charge in [0.15, 0.2) is 0 Å². The molecule has 0 amide bonds. The predicted octanol–water partition coefficient (Wildman–Crippen LogP) is 4.10. The molecule has 0 saturated carbocycles. The van der Waals surface area contributed by atoms with Crippen LogP contribution in [0.2, 0.25) is 0 Å². The summed E-state index contributed by atoms with van der Waals surface area (Å²) in [5.74, 6) is 0. The van der Waals surface area contributed by atoms with E-state index < -0.39 is 0 Å². The zero-order valence-corrected chi connectivity index (χ0v) is 23.1. The fourth-order valence-electron chi connectivity index (χ4n) is 4.88. The van der Waals surface area contributed by atoms with Gasteiger partial charge in [-0.15, -0.1) is 0 Å². The highest BCUT2D eigenvalue weighted by atomic mass is 15.5. The monoisotopic (exact) mass is 500 g/mol. The standard InChI is InChI=1S/C31H44N6/c1-33(2)29-11-5-27(6-12-29)18-21-35-23-36(22-19-28-7-13-30(14-8-28)34(3)4)25-37(24-35)31-15-9-26(10-16-31)17-20-32/h5-16H,17-25,32H2,1-4H3. The zero-order chi connectivity index (χ0) is 26.2. The maximum absolute atomic E-state index is 5.76. The Bertz CT molecular complexity index is 1010. The highest BCUT2D eigenvalue weighted by Crippen LogP contribution is 2.21. The highest BCUT2D eigenvalue weighted by Gasteiger charge is 2.23. The van der Waals surface area contributed by atoms with Gasteiger partial charge in [0, 0.05) is 58.3 Å². The molecule has 1 fully saturated rings. The molecule has 37 heavy (non-hydrogen) atoms. The van der Waals surface area contributed by atoms with Crippen molar-refractivity contribution >= 4 is 17.1 Å². The van der Waals surface area contributed by atoms with Crippen LogP contribution in [0.1, 0.15) is 16.7 Å². The summed E-state index contributed by atoms with van der Waals surface area (Å²) < 4.78 is 0. The van der Waals surface area contributed by atoms with Crippen LogP contribution in [0.15, 0.2) is 72.8 Å². The highest BCUT2D eigenvalue weighted by molar-refractivity contribution is 5.48. The van der Waals surface area contributed by atoms with E-state index in [1.54, 1.807) is 0 Å². The molecule has 0 unspecified atom stereocenters. The molecule has 0 spiro atoms. The van der Waals surface area contributed by atoms with E-state index in [0.29, 0.717) is 6.54 Å². The smallest absolute Gasteiger partial charge is 0.0730 e. The first-order valence-corrected chi connectivity index (χ1v) is 13.4. The minimum Gasteiger partial charge on any atom is -0.378 e. The summed E-state index contributed by atoms with van der Waals surface area (Å²) >= 11 is 0. The lowest BCUT2D eigenvalue weighted by molar-refractivity contribution is 0.0896. The molecule has 198 valence electrons. The first-order chi connectivity index (χ1) is 17.9. The lowest BCUT2D eigenvalue weighted by atomic mass is 10.1. The van der Waals surface area contributed by atoms with E-state index in [1.165, 1.54) is 33.8 Å². The van der Waals surface area contributed by atoms with Crippen LogP contribution < -0.4 is 20.4 Å². The molecule has 1 saturated heterocycles. The molecular formula is C31H44N6. The van der Waals surface area contributed by atoms with Gasteiger partial charge in [-0.25, -0.2) is 0 Å². The maximum atomic E-state index is 5.76. The molecule has 0 radical (unpaired) electrons. The minimum atomic E-state index is 0.690. The normalized spacial score (nSPS) is 14.7. The van der Waals surface area contributed by atoms with E-state index in [4.69, 9.17) is 5.73 Å². The molecule has 0 bridgehead atoms. The summed E-state index contributed by atoms with van der Waals surface area (Å²) in [5.41, 5.74) is 13.6. The van der Waals surface area contributed by atoms with Gasteiger partial charge < -0.3 is 20.4 Å². The lowest BCUT2D eigenvalue weighted by Gasteiger charge is -2.43. The van der Waals surface area contributed by atoms with Gasteiger partial charge in [-0.05, 0) is 78.9 Å². The van der Waals surface area contributed by atoms with Crippen LogP contribution in [-0.4, -0.2) is 77.6 Å². The Kier molecular flexibility index (Phi) is 9.45. The average Bonchev–Trinajstić information content (AvgIpc) is 2.91. The summed E-state index contributed by atoms with van der Waals surface area (Å²) in [6.45, 7) is 5.65. The second kappa shape index (κ2) is 13.0. The Morgan fingerprint density at radius 2 is 0.973 bits per heavy atom. The zero-order valence-electron chi connectivity index (χ0n) is 23.1. The Morgan fingerprint density at radius 3 is 1.38 bits per heavy atom. The molecule has 1 aliphatic rings. The van der Waals surface area contributed by atoms with Crippen molar-refractivity contribution < 1.29 is 0 Å². The number of anilines is 3. The molecule has 3 aromatic rings. The van der Waals surface area contributed by atoms with Crippen LogP contribution in [0.5, 0.6) is 0 Å². The first-order valence-electron chi connectivity index (χ1n) is 13.4. The van der Waals surface area contributed by atoms with Crippen LogP contribution in [0.4, 0.5) is 17.1 Å². The number of benzene rings is 3. The van der Waals surface area contributed by atoms with Gasteiger partial charge >= 0.3 is 0 Å². The van der Waals surface area contributed by atoms with Gasteiger partial charge in [0.2, 0.25) is 0 Å². The van der Waals surface area contributed by atoms with Crippen molar-refractivity contribution in [2.75, 3.05) is 82.5 Å². The Labute approximate surface area is 223 Å². The fraction of sp³-hybridized carbons (Fsp3) is 0.419. The van der Waals surface area contributed by atoms with E-state index in [9.17, 15) is 0 Å². The molecule has 6 heteroatoms. The SMILES string of the molecule is CN(C)c1ccc(CCN2CN(CCc3ccc(N(C)C)cc3)CN(c3ccc(CCN)cc3)C2)cc1. The van der Waals surface area contributed by atoms with Crippen LogP contribution in [-0.2, 0) is 19.3 Å². The Hall–Kier alpha value is -3.06. The largest absolute Gasteiger partial charge is 0.378 e. The molecule has 1 aliphatic heterocycles. The molecule has 0 atom stereocenters. The Balaban J connectivity index is 1.42. The minimum absolute atomic E-state index is 0.690. The predicted molar refractivity (Wildman–Crippen MR) is 159 cm³/mol. The second-order valence-electron chi connectivity index (χ2n) is 10.6. The van der Waals surface area contributed by atoms with Gasteiger partial charge in [-0.1, -0.05) is 36.4 Å². The molecule has 6 nitrogen and oxygen atoms in total. The quantitative estimate of drug-likeness (QED) is 0.428. The molecule has 3 aromatic carbocycles. The lowest BCUT2D eigenvalue weighted by Crippen LogP contribution is -2.55. The summed E-state index contributed by atoms with van der Waals surface area (Å²) in [6, 6.07) is 26.9. The van der Waals surface area contributed by atoms with Crippen molar-refractivity contribution in [3.63, 3.8) is 0 Å². The van der Waals surface area contributed by atoms with Crippen molar-refractivity contribution in [2.24, 2.45) is 5.73 Å². The molecule has 0 aliphatic carbocycles. The van der Waals surface area contributed by atoms with E-state index in [0.717, 1.165) is 52.4 Å². The van der Waals surface area contributed by atoms with Crippen molar-refractivity contribution in [1.82, 2.24) is 9.80 Å². The van der Waals surface area contributed by atoms with Crippen LogP contribution in [0, 0.1) is 0 Å². The van der Waals surface area contributed by atoms with Gasteiger partial charge in [-0.3, -0.25) is 9.80 Å². The molecule has 2 N–H and O–H groups in total. The van der Waals surface area contributed by atoms with Gasteiger partial charge in [0.05, 0.1) is 20.0 Å². The fourth-order valence-corrected chi connectivity index (χ4v) is 4.88. The third-order valence-electron chi connectivity index (χ3n) is 7.21. The van der Waals surface area contributed by atoms with Crippen LogP contribution >= 0.6 is 0 Å². The summed E-state index contributed by atoms with van der Waals surface area (Å²) in [4.78, 5) is 12.0.